The summed E-state index contributed by atoms with van der Waals surface area (Å²) in [6, 6.07) is 11.6. The third-order valence-corrected chi connectivity index (χ3v) is 3.91. The molecule has 0 aliphatic rings. The van der Waals surface area contributed by atoms with Crippen LogP contribution in [0, 0.1) is 0 Å². The van der Waals surface area contributed by atoms with Gasteiger partial charge in [-0.3, -0.25) is 4.79 Å². The quantitative estimate of drug-likeness (QED) is 0.729. The Hall–Kier alpha value is -1.91. The van der Waals surface area contributed by atoms with E-state index in [0.717, 1.165) is 5.56 Å². The summed E-state index contributed by atoms with van der Waals surface area (Å²) in [5, 5.41) is 2.02. The fourth-order valence-corrected chi connectivity index (χ4v) is 2.83. The number of carbonyl (C=O) groups is 1. The van der Waals surface area contributed by atoms with Crippen molar-refractivity contribution < 1.29 is 9.53 Å². The van der Waals surface area contributed by atoms with E-state index in [1.807, 2.05) is 41.8 Å². The first-order valence-corrected chi connectivity index (χ1v) is 7.63. The highest BCUT2D eigenvalue weighted by molar-refractivity contribution is 7.09. The third kappa shape index (κ3) is 4.28. The number of benzene rings is 1. The van der Waals surface area contributed by atoms with Gasteiger partial charge in [-0.2, -0.15) is 0 Å². The molecule has 0 fully saturated rings. The molecule has 1 aromatic heterocycles. The Morgan fingerprint density at radius 2 is 2.24 bits per heavy atom. The second kappa shape index (κ2) is 7.76. The molecule has 3 nitrogen and oxygen atoms in total. The van der Waals surface area contributed by atoms with Crippen LogP contribution < -0.4 is 0 Å². The van der Waals surface area contributed by atoms with Gasteiger partial charge in [-0.15, -0.1) is 17.9 Å². The summed E-state index contributed by atoms with van der Waals surface area (Å²) in [7, 11) is 1.65. The molecule has 0 bridgehead atoms. The lowest BCUT2D eigenvalue weighted by atomic mass is 10.1. The van der Waals surface area contributed by atoms with Crippen molar-refractivity contribution in [1.82, 2.24) is 4.90 Å². The van der Waals surface area contributed by atoms with Gasteiger partial charge >= 0.3 is 0 Å². The van der Waals surface area contributed by atoms with Gasteiger partial charge in [0.1, 0.15) is 0 Å². The first-order chi connectivity index (χ1) is 10.2. The van der Waals surface area contributed by atoms with Crippen molar-refractivity contribution >= 4 is 17.2 Å². The number of methoxy groups -OCH3 is 1. The molecule has 21 heavy (non-hydrogen) atoms. The summed E-state index contributed by atoms with van der Waals surface area (Å²) in [5.41, 5.74) is 1.68. The van der Waals surface area contributed by atoms with E-state index in [-0.39, 0.29) is 5.91 Å². The molecule has 0 aliphatic carbocycles. The second-order valence-corrected chi connectivity index (χ2v) is 5.72. The van der Waals surface area contributed by atoms with Crippen LogP contribution in [0.2, 0.25) is 0 Å². The molecule has 2 aromatic rings. The molecule has 0 saturated carbocycles. The first-order valence-electron chi connectivity index (χ1n) is 6.75. The Morgan fingerprint density at radius 3 is 2.90 bits per heavy atom. The Kier molecular flexibility index (Phi) is 5.72. The first kappa shape index (κ1) is 15.5. The predicted octanol–water partition coefficient (Wildman–Crippen LogP) is 3.72. The molecule has 1 heterocycles. The van der Waals surface area contributed by atoms with Gasteiger partial charge in [-0.1, -0.05) is 24.3 Å². The summed E-state index contributed by atoms with van der Waals surface area (Å²) in [6.45, 7) is 5.39. The van der Waals surface area contributed by atoms with Gasteiger partial charge in [0.15, 0.2) is 0 Å². The van der Waals surface area contributed by atoms with Crippen LogP contribution in [0.1, 0.15) is 20.8 Å². The summed E-state index contributed by atoms with van der Waals surface area (Å²) in [6.07, 6.45) is 1.75. The van der Waals surface area contributed by atoms with Crippen molar-refractivity contribution in [2.24, 2.45) is 0 Å². The van der Waals surface area contributed by atoms with Crippen LogP contribution >= 0.6 is 11.3 Å². The molecule has 0 radical (unpaired) electrons. The van der Waals surface area contributed by atoms with Gasteiger partial charge in [0, 0.05) is 24.1 Å². The van der Waals surface area contributed by atoms with Crippen LogP contribution in [-0.2, 0) is 17.9 Å². The summed E-state index contributed by atoms with van der Waals surface area (Å²) in [4.78, 5) is 15.6. The molecule has 110 valence electrons. The molecular weight excluding hydrogens is 282 g/mol. The number of amides is 1. The zero-order valence-electron chi connectivity index (χ0n) is 12.1. The van der Waals surface area contributed by atoms with Crippen molar-refractivity contribution in [3.8, 4) is 0 Å². The number of hydrogen-bond acceptors (Lipinski definition) is 3. The number of nitrogens with zero attached hydrogens (tertiary/aromatic N) is 1. The van der Waals surface area contributed by atoms with Crippen molar-refractivity contribution in [2.75, 3.05) is 13.7 Å². The van der Waals surface area contributed by atoms with Crippen LogP contribution in [0.25, 0.3) is 0 Å². The minimum absolute atomic E-state index is 0.0150. The van der Waals surface area contributed by atoms with Crippen LogP contribution in [0.15, 0.2) is 54.4 Å². The minimum atomic E-state index is 0.0150. The summed E-state index contributed by atoms with van der Waals surface area (Å²) < 4.78 is 5.12. The van der Waals surface area contributed by atoms with E-state index >= 15 is 0 Å². The largest absolute Gasteiger partial charge is 0.380 e. The van der Waals surface area contributed by atoms with Gasteiger partial charge < -0.3 is 9.64 Å². The van der Waals surface area contributed by atoms with Crippen LogP contribution in [0.4, 0.5) is 0 Å². The molecule has 0 saturated heterocycles. The zero-order valence-corrected chi connectivity index (χ0v) is 12.9. The maximum Gasteiger partial charge on any atom is 0.254 e. The standard InChI is InChI=1S/C17H19NO2S/c1-3-9-18(12-16-8-5-10-21-16)17(19)15-7-4-6-14(11-15)13-20-2/h3-8,10-11H,1,9,12-13H2,2H3. The van der Waals surface area contributed by atoms with Gasteiger partial charge in [-0.05, 0) is 29.1 Å². The van der Waals surface area contributed by atoms with Gasteiger partial charge in [-0.25, -0.2) is 0 Å². The maximum absolute atomic E-state index is 12.7. The number of rotatable bonds is 7. The molecule has 0 unspecified atom stereocenters. The Balaban J connectivity index is 2.17. The van der Waals surface area contributed by atoms with Gasteiger partial charge in [0.25, 0.3) is 5.91 Å². The molecule has 0 spiro atoms. The number of carbonyl (C=O) groups excluding carboxylic acids is 1. The van der Waals surface area contributed by atoms with E-state index in [2.05, 4.69) is 6.58 Å². The van der Waals surface area contributed by atoms with E-state index in [9.17, 15) is 4.79 Å². The van der Waals surface area contributed by atoms with Crippen LogP contribution in [-0.4, -0.2) is 24.5 Å². The fraction of sp³-hybridized carbons (Fsp3) is 0.235. The van der Waals surface area contributed by atoms with Gasteiger partial charge in [0.2, 0.25) is 0 Å². The molecule has 1 aromatic carbocycles. The third-order valence-electron chi connectivity index (χ3n) is 3.05. The number of ether oxygens (including phenoxy) is 1. The maximum atomic E-state index is 12.7. The Bertz CT molecular complexity index is 593. The Labute approximate surface area is 129 Å². The summed E-state index contributed by atoms with van der Waals surface area (Å²) in [5.74, 6) is 0.0150. The molecule has 2 rings (SSSR count). The number of hydrogen-bond donors (Lipinski definition) is 0. The topological polar surface area (TPSA) is 29.5 Å². The van der Waals surface area contributed by atoms with Crippen molar-refractivity contribution in [3.05, 3.63) is 70.4 Å². The lowest BCUT2D eigenvalue weighted by Crippen LogP contribution is -2.30. The Morgan fingerprint density at radius 1 is 1.38 bits per heavy atom. The minimum Gasteiger partial charge on any atom is -0.380 e. The van der Waals surface area contributed by atoms with E-state index in [1.54, 1.807) is 29.4 Å². The lowest BCUT2D eigenvalue weighted by molar-refractivity contribution is 0.0764. The van der Waals surface area contributed by atoms with E-state index in [1.165, 1.54) is 4.88 Å². The predicted molar refractivity (Wildman–Crippen MR) is 86.4 cm³/mol. The van der Waals surface area contributed by atoms with Crippen molar-refractivity contribution in [1.29, 1.82) is 0 Å². The lowest BCUT2D eigenvalue weighted by Gasteiger charge is -2.20. The molecule has 0 atom stereocenters. The fourth-order valence-electron chi connectivity index (χ4n) is 2.11. The monoisotopic (exact) mass is 301 g/mol. The normalized spacial score (nSPS) is 10.3. The molecule has 0 aliphatic heterocycles. The molecular formula is C17H19NO2S. The SMILES string of the molecule is C=CCN(Cc1cccs1)C(=O)c1cccc(COC)c1. The average Bonchev–Trinajstić information content (AvgIpc) is 3.00. The van der Waals surface area contributed by atoms with Crippen LogP contribution in [0.5, 0.6) is 0 Å². The summed E-state index contributed by atoms with van der Waals surface area (Å²) >= 11 is 1.65. The highest BCUT2D eigenvalue weighted by atomic mass is 32.1. The second-order valence-electron chi connectivity index (χ2n) is 4.69. The van der Waals surface area contributed by atoms with Gasteiger partial charge in [0.05, 0.1) is 13.2 Å². The zero-order chi connectivity index (χ0) is 15.1. The molecule has 4 heteroatoms. The van der Waals surface area contributed by atoms with E-state index in [0.29, 0.717) is 25.3 Å². The highest BCUT2D eigenvalue weighted by Gasteiger charge is 2.15. The van der Waals surface area contributed by atoms with E-state index in [4.69, 9.17) is 4.74 Å². The van der Waals surface area contributed by atoms with Crippen molar-refractivity contribution in [2.45, 2.75) is 13.2 Å². The average molecular weight is 301 g/mol. The molecule has 0 N–H and O–H groups in total. The number of thiophene rings is 1. The van der Waals surface area contributed by atoms with E-state index < -0.39 is 0 Å². The smallest absolute Gasteiger partial charge is 0.254 e. The highest BCUT2D eigenvalue weighted by Crippen LogP contribution is 2.15. The molecule has 1 amide bonds. The van der Waals surface area contributed by atoms with Crippen LogP contribution in [0.3, 0.4) is 0 Å². The van der Waals surface area contributed by atoms with Crippen molar-refractivity contribution in [3.63, 3.8) is 0 Å².